The zero-order valence-electron chi connectivity index (χ0n) is 8.70. The predicted molar refractivity (Wildman–Crippen MR) is 63.2 cm³/mol. The molecule has 4 heteroatoms. The molecule has 0 aliphatic heterocycles. The third-order valence-electron chi connectivity index (χ3n) is 2.47. The Balaban J connectivity index is 2.63. The molecule has 3 nitrogen and oxygen atoms in total. The van der Waals surface area contributed by atoms with Crippen LogP contribution in [0.3, 0.4) is 0 Å². The molecule has 2 aromatic rings. The molecule has 1 heterocycles. The molecule has 80 valence electrons. The molecule has 2 N–H and O–H groups in total. The van der Waals surface area contributed by atoms with E-state index < -0.39 is 0 Å². The van der Waals surface area contributed by atoms with Crippen molar-refractivity contribution in [3.05, 3.63) is 29.0 Å². The van der Waals surface area contributed by atoms with Gasteiger partial charge in [-0.3, -0.25) is 0 Å². The lowest BCUT2D eigenvalue weighted by Gasteiger charge is -2.04. The van der Waals surface area contributed by atoms with Crippen LogP contribution in [0.5, 0.6) is 0 Å². The number of halogens is 1. The molecule has 0 aliphatic carbocycles. The maximum atomic E-state index is 5.97. The number of rotatable bonds is 3. The molecule has 1 aromatic carbocycles. The zero-order chi connectivity index (χ0) is 10.8. The van der Waals surface area contributed by atoms with Gasteiger partial charge >= 0.3 is 0 Å². The molecular formula is C11H14ClN3. The van der Waals surface area contributed by atoms with E-state index in [9.17, 15) is 0 Å². The van der Waals surface area contributed by atoms with Crippen molar-refractivity contribution in [2.24, 2.45) is 5.73 Å². The van der Waals surface area contributed by atoms with Crippen molar-refractivity contribution in [3.63, 3.8) is 0 Å². The SMILES string of the molecule is CCn1c(CCN)nc2ccc(Cl)cc21. The average Bonchev–Trinajstić information content (AvgIpc) is 2.55. The van der Waals surface area contributed by atoms with Crippen molar-refractivity contribution in [1.82, 2.24) is 9.55 Å². The van der Waals surface area contributed by atoms with Gasteiger partial charge in [0, 0.05) is 18.0 Å². The molecule has 0 radical (unpaired) electrons. The Labute approximate surface area is 93.9 Å². The summed E-state index contributed by atoms with van der Waals surface area (Å²) in [4.78, 5) is 4.54. The Morgan fingerprint density at radius 1 is 1.47 bits per heavy atom. The van der Waals surface area contributed by atoms with Gasteiger partial charge in [-0.1, -0.05) is 11.6 Å². The number of fused-ring (bicyclic) bond motifs is 1. The van der Waals surface area contributed by atoms with E-state index in [0.717, 1.165) is 34.8 Å². The lowest BCUT2D eigenvalue weighted by molar-refractivity contribution is 0.711. The zero-order valence-corrected chi connectivity index (χ0v) is 9.46. The molecule has 0 saturated carbocycles. The van der Waals surface area contributed by atoms with Gasteiger partial charge in [-0.05, 0) is 31.7 Å². The normalized spacial score (nSPS) is 11.1. The van der Waals surface area contributed by atoms with E-state index in [1.165, 1.54) is 0 Å². The standard InChI is InChI=1S/C11H14ClN3/c1-2-15-10-7-8(12)3-4-9(10)14-11(15)5-6-13/h3-4,7H,2,5-6,13H2,1H3. The maximum Gasteiger partial charge on any atom is 0.111 e. The molecule has 0 atom stereocenters. The summed E-state index contributed by atoms with van der Waals surface area (Å²) in [5.41, 5.74) is 7.64. The largest absolute Gasteiger partial charge is 0.330 e. The third-order valence-corrected chi connectivity index (χ3v) is 2.71. The summed E-state index contributed by atoms with van der Waals surface area (Å²) in [6.45, 7) is 3.62. The summed E-state index contributed by atoms with van der Waals surface area (Å²) >= 11 is 5.97. The first-order valence-corrected chi connectivity index (χ1v) is 5.48. The van der Waals surface area contributed by atoms with Gasteiger partial charge < -0.3 is 10.3 Å². The topological polar surface area (TPSA) is 43.8 Å². The van der Waals surface area contributed by atoms with Gasteiger partial charge in [0.1, 0.15) is 5.82 Å². The highest BCUT2D eigenvalue weighted by molar-refractivity contribution is 6.31. The molecule has 0 unspecified atom stereocenters. The van der Waals surface area contributed by atoms with Crippen molar-refractivity contribution in [1.29, 1.82) is 0 Å². The van der Waals surface area contributed by atoms with Crippen molar-refractivity contribution in [2.45, 2.75) is 19.9 Å². The van der Waals surface area contributed by atoms with Gasteiger partial charge in [0.25, 0.3) is 0 Å². The van der Waals surface area contributed by atoms with Crippen LogP contribution >= 0.6 is 11.6 Å². The Morgan fingerprint density at radius 2 is 2.27 bits per heavy atom. The van der Waals surface area contributed by atoms with E-state index in [-0.39, 0.29) is 0 Å². The van der Waals surface area contributed by atoms with Crippen LogP contribution in [0.4, 0.5) is 0 Å². The number of aromatic nitrogens is 2. The van der Waals surface area contributed by atoms with E-state index in [4.69, 9.17) is 17.3 Å². The van der Waals surface area contributed by atoms with Crippen LogP contribution in [-0.4, -0.2) is 16.1 Å². The van der Waals surface area contributed by atoms with Crippen LogP contribution in [0, 0.1) is 0 Å². The first-order chi connectivity index (χ1) is 7.26. The number of nitrogens with two attached hydrogens (primary N) is 1. The van der Waals surface area contributed by atoms with Gasteiger partial charge in [-0.2, -0.15) is 0 Å². The van der Waals surface area contributed by atoms with E-state index in [1.807, 2.05) is 18.2 Å². The molecule has 0 spiro atoms. The summed E-state index contributed by atoms with van der Waals surface area (Å²) < 4.78 is 2.16. The smallest absolute Gasteiger partial charge is 0.111 e. The minimum absolute atomic E-state index is 0.622. The molecule has 0 saturated heterocycles. The number of imidazole rings is 1. The van der Waals surface area contributed by atoms with Crippen molar-refractivity contribution < 1.29 is 0 Å². The fourth-order valence-corrected chi connectivity index (χ4v) is 1.98. The second kappa shape index (κ2) is 4.21. The Kier molecular flexibility index (Phi) is 2.93. The third kappa shape index (κ3) is 1.85. The van der Waals surface area contributed by atoms with Crippen LogP contribution in [0.15, 0.2) is 18.2 Å². The van der Waals surface area contributed by atoms with E-state index in [2.05, 4.69) is 16.5 Å². The highest BCUT2D eigenvalue weighted by atomic mass is 35.5. The number of benzene rings is 1. The molecule has 0 fully saturated rings. The fourth-order valence-electron chi connectivity index (χ4n) is 1.82. The van der Waals surface area contributed by atoms with Gasteiger partial charge in [-0.15, -0.1) is 0 Å². The van der Waals surface area contributed by atoms with Gasteiger partial charge in [0.2, 0.25) is 0 Å². The van der Waals surface area contributed by atoms with Crippen molar-refractivity contribution in [2.75, 3.05) is 6.54 Å². The van der Waals surface area contributed by atoms with Crippen LogP contribution in [-0.2, 0) is 13.0 Å². The van der Waals surface area contributed by atoms with Crippen LogP contribution in [0.1, 0.15) is 12.7 Å². The fraction of sp³-hybridized carbons (Fsp3) is 0.364. The monoisotopic (exact) mass is 223 g/mol. The Bertz CT molecular complexity index is 476. The van der Waals surface area contributed by atoms with E-state index in [1.54, 1.807) is 0 Å². The quantitative estimate of drug-likeness (QED) is 0.867. The molecule has 1 aromatic heterocycles. The molecule has 0 aliphatic rings. The summed E-state index contributed by atoms with van der Waals surface area (Å²) in [7, 11) is 0. The minimum Gasteiger partial charge on any atom is -0.330 e. The lowest BCUT2D eigenvalue weighted by Crippen LogP contribution is -2.09. The highest BCUT2D eigenvalue weighted by Gasteiger charge is 2.08. The van der Waals surface area contributed by atoms with Crippen LogP contribution < -0.4 is 5.73 Å². The molecular weight excluding hydrogens is 210 g/mol. The lowest BCUT2D eigenvalue weighted by atomic mass is 10.3. The summed E-state index contributed by atoms with van der Waals surface area (Å²) in [6, 6.07) is 5.76. The predicted octanol–water partition coefficient (Wildman–Crippen LogP) is 2.21. The number of hydrogen-bond acceptors (Lipinski definition) is 2. The van der Waals surface area contributed by atoms with Crippen molar-refractivity contribution in [3.8, 4) is 0 Å². The first-order valence-electron chi connectivity index (χ1n) is 5.11. The first kappa shape index (κ1) is 10.5. The second-order valence-electron chi connectivity index (χ2n) is 3.44. The Morgan fingerprint density at radius 3 is 2.93 bits per heavy atom. The molecule has 0 bridgehead atoms. The maximum absolute atomic E-state index is 5.97. The number of aryl methyl sites for hydroxylation is 1. The molecule has 2 rings (SSSR count). The van der Waals surface area contributed by atoms with Gasteiger partial charge in [-0.25, -0.2) is 4.98 Å². The minimum atomic E-state index is 0.622. The Hall–Kier alpha value is -1.06. The highest BCUT2D eigenvalue weighted by Crippen LogP contribution is 2.20. The van der Waals surface area contributed by atoms with E-state index in [0.29, 0.717) is 6.54 Å². The molecule has 0 amide bonds. The average molecular weight is 224 g/mol. The van der Waals surface area contributed by atoms with Crippen LogP contribution in [0.2, 0.25) is 5.02 Å². The van der Waals surface area contributed by atoms with Crippen LogP contribution in [0.25, 0.3) is 11.0 Å². The molecule has 15 heavy (non-hydrogen) atoms. The second-order valence-corrected chi connectivity index (χ2v) is 3.88. The number of hydrogen-bond donors (Lipinski definition) is 1. The van der Waals surface area contributed by atoms with E-state index >= 15 is 0 Å². The van der Waals surface area contributed by atoms with Gasteiger partial charge in [0.15, 0.2) is 0 Å². The summed E-state index contributed by atoms with van der Waals surface area (Å²) in [5, 5.41) is 0.747. The number of nitrogens with zero attached hydrogens (tertiary/aromatic N) is 2. The van der Waals surface area contributed by atoms with Crippen molar-refractivity contribution >= 4 is 22.6 Å². The summed E-state index contributed by atoms with van der Waals surface area (Å²) in [6.07, 6.45) is 0.806. The van der Waals surface area contributed by atoms with Gasteiger partial charge in [0.05, 0.1) is 11.0 Å². The summed E-state index contributed by atoms with van der Waals surface area (Å²) in [5.74, 6) is 1.04.